The van der Waals surface area contributed by atoms with E-state index in [1.807, 2.05) is 49.1 Å². The van der Waals surface area contributed by atoms with Crippen LogP contribution in [0.3, 0.4) is 0 Å². The van der Waals surface area contributed by atoms with Gasteiger partial charge in [0.15, 0.2) is 21.9 Å². The second-order valence-electron chi connectivity index (χ2n) is 14.0. The van der Waals surface area contributed by atoms with Crippen molar-refractivity contribution in [1.82, 2.24) is 29.5 Å². The highest BCUT2D eigenvalue weighted by molar-refractivity contribution is 7.92. The van der Waals surface area contributed by atoms with Gasteiger partial charge >= 0.3 is 0 Å². The number of aryl methyl sites for hydroxylation is 2. The van der Waals surface area contributed by atoms with Crippen molar-refractivity contribution in [2.75, 3.05) is 30.6 Å². The number of halogens is 1. The topological polar surface area (TPSA) is 120 Å². The number of ether oxygens (including phenoxy) is 2. The molecule has 8 rings (SSSR count). The van der Waals surface area contributed by atoms with Crippen LogP contribution in [0.25, 0.3) is 11.3 Å². The van der Waals surface area contributed by atoms with Gasteiger partial charge < -0.3 is 19.3 Å². The molecule has 1 saturated heterocycles. The Labute approximate surface area is 303 Å². The van der Waals surface area contributed by atoms with Gasteiger partial charge in [0.05, 0.1) is 41.4 Å². The van der Waals surface area contributed by atoms with E-state index in [1.165, 1.54) is 12.1 Å². The largest absolute Gasteiger partial charge is 0.497 e. The van der Waals surface area contributed by atoms with Crippen LogP contribution in [-0.2, 0) is 28.2 Å². The molecule has 2 aliphatic carbocycles. The van der Waals surface area contributed by atoms with Crippen molar-refractivity contribution in [3.05, 3.63) is 83.6 Å². The molecule has 0 spiro atoms. The molecule has 3 aliphatic rings. The summed E-state index contributed by atoms with van der Waals surface area (Å²) in [6, 6.07) is 14.1. The molecule has 4 heterocycles. The lowest BCUT2D eigenvalue weighted by Gasteiger charge is -2.28. The van der Waals surface area contributed by atoms with E-state index in [1.54, 1.807) is 29.9 Å². The van der Waals surface area contributed by atoms with Crippen LogP contribution in [-0.4, -0.2) is 64.0 Å². The van der Waals surface area contributed by atoms with Gasteiger partial charge in [-0.25, -0.2) is 22.5 Å². The Morgan fingerprint density at radius 1 is 1.02 bits per heavy atom. The summed E-state index contributed by atoms with van der Waals surface area (Å²) in [6.45, 7) is 3.17. The van der Waals surface area contributed by atoms with Crippen LogP contribution in [0.2, 0.25) is 0 Å². The predicted octanol–water partition coefficient (Wildman–Crippen LogP) is 7.15. The van der Waals surface area contributed by atoms with E-state index >= 15 is 4.39 Å². The molecule has 1 aliphatic heterocycles. The van der Waals surface area contributed by atoms with Crippen molar-refractivity contribution >= 4 is 33.1 Å². The summed E-state index contributed by atoms with van der Waals surface area (Å²) in [5, 5.41) is 9.18. The fraction of sp³-hybridized carbons (Fsp3) is 0.421. The standard InChI is InChI=1S/C38H43FN8O4S/c1-24-19-33(43-47(24)34-7-5-6-18-51-34)46(22-25-8-12-28(50-4)13-9-25)37-35(26-10-11-26)36(27-21-40-44(2)23-27)41-38(42-37)45(3)32-17-16-30(20-31(32)39)52(48,49)29-14-15-29/h8-9,12-13,16-17,19-21,23,26,29,34H,5-7,10-11,14-15,18,22H2,1-4H3. The summed E-state index contributed by atoms with van der Waals surface area (Å²) < 4.78 is 57.1. The average molecular weight is 727 g/mol. The van der Waals surface area contributed by atoms with Crippen molar-refractivity contribution in [1.29, 1.82) is 0 Å². The highest BCUT2D eigenvalue weighted by atomic mass is 32.2. The summed E-state index contributed by atoms with van der Waals surface area (Å²) in [6.07, 6.45) is 9.70. The fourth-order valence-electron chi connectivity index (χ4n) is 6.92. The summed E-state index contributed by atoms with van der Waals surface area (Å²) in [4.78, 5) is 14.0. The zero-order chi connectivity index (χ0) is 36.1. The van der Waals surface area contributed by atoms with Crippen LogP contribution in [0.1, 0.15) is 73.9 Å². The molecule has 2 saturated carbocycles. The maximum absolute atomic E-state index is 15.9. The number of aromatic nitrogens is 6. The van der Waals surface area contributed by atoms with E-state index in [4.69, 9.17) is 24.5 Å². The molecule has 3 fully saturated rings. The van der Waals surface area contributed by atoms with Crippen molar-refractivity contribution in [3.8, 4) is 17.0 Å². The first kappa shape index (κ1) is 34.3. The molecule has 0 N–H and O–H groups in total. The van der Waals surface area contributed by atoms with Gasteiger partial charge in [0, 0.05) is 49.8 Å². The van der Waals surface area contributed by atoms with Gasteiger partial charge in [-0.15, -0.1) is 0 Å². The highest BCUT2D eigenvalue weighted by Crippen LogP contribution is 2.50. The number of anilines is 4. The first-order chi connectivity index (χ1) is 25.1. The Morgan fingerprint density at radius 3 is 2.44 bits per heavy atom. The van der Waals surface area contributed by atoms with Crippen molar-refractivity contribution in [2.45, 2.75) is 80.7 Å². The molecular formula is C38H43FN8O4S. The number of hydrogen-bond donors (Lipinski definition) is 0. The molecular weight excluding hydrogens is 684 g/mol. The molecule has 272 valence electrons. The Balaban J connectivity index is 1.29. The van der Waals surface area contributed by atoms with Gasteiger partial charge in [-0.3, -0.25) is 4.68 Å². The van der Waals surface area contributed by atoms with Gasteiger partial charge in [0.25, 0.3) is 0 Å². The molecule has 0 radical (unpaired) electrons. The first-order valence-electron chi connectivity index (χ1n) is 17.9. The van der Waals surface area contributed by atoms with Gasteiger partial charge in [0.1, 0.15) is 17.4 Å². The zero-order valence-electron chi connectivity index (χ0n) is 29.9. The van der Waals surface area contributed by atoms with Gasteiger partial charge in [0.2, 0.25) is 5.95 Å². The Morgan fingerprint density at radius 2 is 1.81 bits per heavy atom. The quantitative estimate of drug-likeness (QED) is 0.131. The monoisotopic (exact) mass is 726 g/mol. The van der Waals surface area contributed by atoms with E-state index in [9.17, 15) is 8.42 Å². The van der Waals surface area contributed by atoms with Crippen LogP contribution < -0.4 is 14.5 Å². The third-order valence-electron chi connectivity index (χ3n) is 10.1. The smallest absolute Gasteiger partial charge is 0.232 e. The third-order valence-corrected chi connectivity index (χ3v) is 12.4. The van der Waals surface area contributed by atoms with E-state index in [0.29, 0.717) is 43.3 Å². The van der Waals surface area contributed by atoms with Gasteiger partial charge in [-0.1, -0.05) is 12.1 Å². The zero-order valence-corrected chi connectivity index (χ0v) is 30.7. The molecule has 5 aromatic rings. The van der Waals surface area contributed by atoms with Crippen molar-refractivity contribution in [2.24, 2.45) is 7.05 Å². The highest BCUT2D eigenvalue weighted by Gasteiger charge is 2.38. The normalized spacial score (nSPS) is 17.7. The minimum Gasteiger partial charge on any atom is -0.497 e. The lowest BCUT2D eigenvalue weighted by Crippen LogP contribution is -2.24. The van der Waals surface area contributed by atoms with Crippen LogP contribution in [0, 0.1) is 12.7 Å². The lowest BCUT2D eigenvalue weighted by molar-refractivity contribution is -0.0405. The van der Waals surface area contributed by atoms with Gasteiger partial charge in [-0.05, 0) is 93.7 Å². The minimum absolute atomic E-state index is 0.00930. The average Bonchev–Trinajstić information content (AvgIpc) is 4.10. The maximum Gasteiger partial charge on any atom is 0.232 e. The summed E-state index contributed by atoms with van der Waals surface area (Å²) in [5.74, 6) is 1.91. The molecule has 52 heavy (non-hydrogen) atoms. The van der Waals surface area contributed by atoms with Crippen LogP contribution >= 0.6 is 0 Å². The van der Waals surface area contributed by atoms with E-state index in [-0.39, 0.29) is 28.7 Å². The minimum atomic E-state index is -3.57. The molecule has 1 atom stereocenters. The Kier molecular flexibility index (Phi) is 8.98. The SMILES string of the molecule is COc1ccc(CN(c2cc(C)n(C3CCCCO3)n2)c2nc(N(C)c3ccc(S(=O)(=O)C4CC4)cc3F)nc(-c3cnn(C)c3)c2C2CC2)cc1. The fourth-order valence-corrected chi connectivity index (χ4v) is 8.58. The molecule has 14 heteroatoms. The molecule has 0 bridgehead atoms. The van der Waals surface area contributed by atoms with Crippen LogP contribution in [0.5, 0.6) is 5.75 Å². The molecule has 2 aromatic carbocycles. The number of methoxy groups -OCH3 is 1. The molecule has 1 unspecified atom stereocenters. The Hall–Kier alpha value is -4.82. The Bertz CT molecular complexity index is 2210. The van der Waals surface area contributed by atoms with E-state index in [0.717, 1.165) is 66.3 Å². The number of nitrogens with zero attached hydrogens (tertiary/aromatic N) is 8. The second kappa shape index (κ2) is 13.6. The van der Waals surface area contributed by atoms with Gasteiger partial charge in [-0.2, -0.15) is 15.2 Å². The number of rotatable bonds is 12. The molecule has 0 amide bonds. The number of sulfone groups is 1. The molecule has 12 nitrogen and oxygen atoms in total. The lowest BCUT2D eigenvalue weighted by atomic mass is 10.0. The summed E-state index contributed by atoms with van der Waals surface area (Å²) >= 11 is 0. The van der Waals surface area contributed by atoms with E-state index in [2.05, 4.69) is 16.1 Å². The van der Waals surface area contributed by atoms with Crippen LogP contribution in [0.15, 0.2) is 65.8 Å². The van der Waals surface area contributed by atoms with Crippen LogP contribution in [0.4, 0.5) is 27.7 Å². The van der Waals surface area contributed by atoms with Crippen molar-refractivity contribution in [3.63, 3.8) is 0 Å². The number of hydrogen-bond acceptors (Lipinski definition) is 10. The summed E-state index contributed by atoms with van der Waals surface area (Å²) in [5.41, 5.74) is 4.65. The summed E-state index contributed by atoms with van der Waals surface area (Å²) in [7, 11) is 1.64. The number of benzene rings is 2. The second-order valence-corrected chi connectivity index (χ2v) is 16.3. The third kappa shape index (κ3) is 6.65. The maximum atomic E-state index is 15.9. The predicted molar refractivity (Wildman–Crippen MR) is 196 cm³/mol. The first-order valence-corrected chi connectivity index (χ1v) is 19.4. The van der Waals surface area contributed by atoms with E-state index < -0.39 is 20.9 Å². The van der Waals surface area contributed by atoms with Crippen molar-refractivity contribution < 1.29 is 22.3 Å². The molecule has 3 aromatic heterocycles.